The minimum absolute atomic E-state index is 0.718. The average Bonchev–Trinajstić information content (AvgIpc) is 2.75. The molecule has 92 valence electrons. The molecule has 0 aliphatic carbocycles. The van der Waals surface area contributed by atoms with E-state index in [4.69, 9.17) is 4.74 Å². The number of ether oxygens (including phenoxy) is 1. The third-order valence-electron chi connectivity index (χ3n) is 2.96. The van der Waals surface area contributed by atoms with Gasteiger partial charge in [-0.3, -0.25) is 0 Å². The minimum Gasteiger partial charge on any atom is -0.383 e. The van der Waals surface area contributed by atoms with Gasteiger partial charge in [0.15, 0.2) is 0 Å². The van der Waals surface area contributed by atoms with Gasteiger partial charge in [0.2, 0.25) is 5.95 Å². The molecule has 4 heteroatoms. The van der Waals surface area contributed by atoms with E-state index >= 15 is 0 Å². The lowest BCUT2D eigenvalue weighted by molar-refractivity contribution is 0.187. The third kappa shape index (κ3) is 3.85. The summed E-state index contributed by atoms with van der Waals surface area (Å²) < 4.78 is 7.15. The zero-order chi connectivity index (χ0) is 11.8. The van der Waals surface area contributed by atoms with Crippen molar-refractivity contribution in [3.05, 3.63) is 12.4 Å². The third-order valence-corrected chi connectivity index (χ3v) is 2.96. The number of nitrogens with one attached hydrogen (secondary N) is 1. The van der Waals surface area contributed by atoms with Crippen molar-refractivity contribution in [2.45, 2.75) is 33.2 Å². The summed E-state index contributed by atoms with van der Waals surface area (Å²) in [7, 11) is 1.72. The van der Waals surface area contributed by atoms with Gasteiger partial charge in [0.1, 0.15) is 0 Å². The normalized spacial score (nSPS) is 11.0. The molecule has 0 aliphatic heterocycles. The number of hydrogen-bond donors (Lipinski definition) is 1. The van der Waals surface area contributed by atoms with E-state index in [1.165, 1.54) is 12.8 Å². The Morgan fingerprint density at radius 3 is 2.81 bits per heavy atom. The molecule has 0 amide bonds. The molecule has 0 radical (unpaired) electrons. The van der Waals surface area contributed by atoms with Gasteiger partial charge in [-0.1, -0.05) is 26.7 Å². The number of rotatable bonds is 8. The molecule has 1 heterocycles. The molecule has 0 aliphatic rings. The zero-order valence-electron chi connectivity index (χ0n) is 10.6. The lowest BCUT2D eigenvalue weighted by atomic mass is 10.0. The summed E-state index contributed by atoms with van der Waals surface area (Å²) in [5.41, 5.74) is 0. The Kier molecular flexibility index (Phi) is 5.93. The second-order valence-electron chi connectivity index (χ2n) is 4.00. The van der Waals surface area contributed by atoms with Crippen LogP contribution in [-0.4, -0.2) is 29.8 Å². The van der Waals surface area contributed by atoms with Crippen molar-refractivity contribution in [2.24, 2.45) is 5.92 Å². The smallest absolute Gasteiger partial charge is 0.202 e. The molecule has 1 aromatic rings. The van der Waals surface area contributed by atoms with Crippen molar-refractivity contribution in [2.75, 3.05) is 25.6 Å². The van der Waals surface area contributed by atoms with Crippen LogP contribution >= 0.6 is 0 Å². The molecular formula is C12H23N3O. The Morgan fingerprint density at radius 2 is 2.19 bits per heavy atom. The van der Waals surface area contributed by atoms with Gasteiger partial charge >= 0.3 is 0 Å². The minimum atomic E-state index is 0.718. The quantitative estimate of drug-likeness (QED) is 0.738. The Hall–Kier alpha value is -1.03. The van der Waals surface area contributed by atoms with Crippen molar-refractivity contribution < 1.29 is 4.74 Å². The zero-order valence-corrected chi connectivity index (χ0v) is 10.6. The Balaban J connectivity index is 2.43. The topological polar surface area (TPSA) is 39.1 Å². The molecule has 0 atom stereocenters. The van der Waals surface area contributed by atoms with E-state index in [-0.39, 0.29) is 0 Å². The molecule has 16 heavy (non-hydrogen) atoms. The molecule has 0 saturated carbocycles. The highest BCUT2D eigenvalue weighted by Gasteiger charge is 2.06. The first-order valence-corrected chi connectivity index (χ1v) is 6.05. The summed E-state index contributed by atoms with van der Waals surface area (Å²) in [6.07, 6.45) is 6.23. The van der Waals surface area contributed by atoms with E-state index in [0.29, 0.717) is 0 Å². The number of imidazole rings is 1. The van der Waals surface area contributed by atoms with Crippen molar-refractivity contribution in [1.29, 1.82) is 0 Å². The van der Waals surface area contributed by atoms with Crippen molar-refractivity contribution in [3.8, 4) is 0 Å². The highest BCUT2D eigenvalue weighted by molar-refractivity contribution is 5.25. The molecule has 0 unspecified atom stereocenters. The molecular weight excluding hydrogens is 202 g/mol. The molecule has 0 saturated heterocycles. The lowest BCUT2D eigenvalue weighted by Crippen LogP contribution is -2.16. The first kappa shape index (κ1) is 13.0. The van der Waals surface area contributed by atoms with Gasteiger partial charge in [-0.15, -0.1) is 0 Å². The summed E-state index contributed by atoms with van der Waals surface area (Å²) in [6.45, 7) is 7.02. The van der Waals surface area contributed by atoms with Crippen molar-refractivity contribution in [3.63, 3.8) is 0 Å². The van der Waals surface area contributed by atoms with Crippen molar-refractivity contribution in [1.82, 2.24) is 9.55 Å². The van der Waals surface area contributed by atoms with Crippen LogP contribution in [-0.2, 0) is 11.3 Å². The molecule has 1 N–H and O–H groups in total. The highest BCUT2D eigenvalue weighted by atomic mass is 16.5. The van der Waals surface area contributed by atoms with Gasteiger partial charge in [0.25, 0.3) is 0 Å². The molecule has 1 rings (SSSR count). The number of hydrogen-bond acceptors (Lipinski definition) is 3. The predicted molar refractivity (Wildman–Crippen MR) is 66.7 cm³/mol. The van der Waals surface area contributed by atoms with E-state index in [1.54, 1.807) is 7.11 Å². The molecule has 0 aromatic carbocycles. The molecule has 1 aromatic heterocycles. The van der Waals surface area contributed by atoms with Crippen LogP contribution in [0.15, 0.2) is 12.4 Å². The lowest BCUT2D eigenvalue weighted by Gasteiger charge is -2.14. The van der Waals surface area contributed by atoms with Gasteiger partial charge in [0, 0.05) is 32.6 Å². The van der Waals surface area contributed by atoms with Gasteiger partial charge in [-0.25, -0.2) is 4.98 Å². The van der Waals surface area contributed by atoms with Crippen LogP contribution in [0.2, 0.25) is 0 Å². The Labute approximate surface area is 98.0 Å². The highest BCUT2D eigenvalue weighted by Crippen LogP contribution is 2.10. The van der Waals surface area contributed by atoms with E-state index < -0.39 is 0 Å². The fourth-order valence-corrected chi connectivity index (χ4v) is 1.66. The summed E-state index contributed by atoms with van der Waals surface area (Å²) in [6, 6.07) is 0. The molecule has 0 bridgehead atoms. The second kappa shape index (κ2) is 7.28. The first-order valence-electron chi connectivity index (χ1n) is 6.05. The van der Waals surface area contributed by atoms with Crippen LogP contribution < -0.4 is 5.32 Å². The predicted octanol–water partition coefficient (Wildman–Crippen LogP) is 2.38. The van der Waals surface area contributed by atoms with Gasteiger partial charge in [0.05, 0.1) is 6.61 Å². The molecule has 4 nitrogen and oxygen atoms in total. The summed E-state index contributed by atoms with van der Waals surface area (Å²) in [5, 5.41) is 3.40. The molecule has 0 fully saturated rings. The van der Waals surface area contributed by atoms with Gasteiger partial charge in [-0.05, 0) is 5.92 Å². The van der Waals surface area contributed by atoms with Crippen LogP contribution in [0.4, 0.5) is 5.95 Å². The maximum Gasteiger partial charge on any atom is 0.202 e. The SMILES string of the molecule is CCC(CC)CNc1nccn1CCOC. The van der Waals surface area contributed by atoms with Crippen LogP contribution in [0.3, 0.4) is 0 Å². The van der Waals surface area contributed by atoms with Crippen LogP contribution in [0.25, 0.3) is 0 Å². The number of nitrogens with zero attached hydrogens (tertiary/aromatic N) is 2. The van der Waals surface area contributed by atoms with Crippen molar-refractivity contribution >= 4 is 5.95 Å². The first-order chi connectivity index (χ1) is 7.81. The molecule has 0 spiro atoms. The fraction of sp³-hybridized carbons (Fsp3) is 0.750. The second-order valence-corrected chi connectivity index (χ2v) is 4.00. The van der Waals surface area contributed by atoms with Gasteiger partial charge < -0.3 is 14.6 Å². The summed E-state index contributed by atoms with van der Waals surface area (Å²) in [4.78, 5) is 4.31. The number of methoxy groups -OCH3 is 1. The largest absolute Gasteiger partial charge is 0.383 e. The monoisotopic (exact) mass is 225 g/mol. The standard InChI is InChI=1S/C12H23N3O/c1-4-11(5-2)10-14-12-13-6-7-15(12)8-9-16-3/h6-7,11H,4-5,8-10H2,1-3H3,(H,13,14). The Bertz CT molecular complexity index is 282. The maximum atomic E-state index is 5.06. The van der Waals surface area contributed by atoms with E-state index in [9.17, 15) is 0 Å². The Morgan fingerprint density at radius 1 is 1.44 bits per heavy atom. The summed E-state index contributed by atoms with van der Waals surface area (Å²) in [5.74, 6) is 1.68. The van der Waals surface area contributed by atoms with E-state index in [0.717, 1.165) is 31.6 Å². The summed E-state index contributed by atoms with van der Waals surface area (Å²) >= 11 is 0. The van der Waals surface area contributed by atoms with Gasteiger partial charge in [-0.2, -0.15) is 0 Å². The van der Waals surface area contributed by atoms with E-state index in [1.807, 2.05) is 12.4 Å². The fourth-order valence-electron chi connectivity index (χ4n) is 1.66. The van der Waals surface area contributed by atoms with Crippen LogP contribution in [0.5, 0.6) is 0 Å². The number of anilines is 1. The van der Waals surface area contributed by atoms with Crippen LogP contribution in [0, 0.1) is 5.92 Å². The van der Waals surface area contributed by atoms with Crippen LogP contribution in [0.1, 0.15) is 26.7 Å². The average molecular weight is 225 g/mol. The van der Waals surface area contributed by atoms with E-state index in [2.05, 4.69) is 28.7 Å². The maximum absolute atomic E-state index is 5.06. The number of aromatic nitrogens is 2.